The number of aryl methyl sites for hydroxylation is 1. The lowest BCUT2D eigenvalue weighted by atomic mass is 10.2. The number of aromatic nitrogens is 5. The molecule has 0 aliphatic heterocycles. The van der Waals surface area contributed by atoms with Gasteiger partial charge in [-0.05, 0) is 11.5 Å². The van der Waals surface area contributed by atoms with Gasteiger partial charge in [-0.3, -0.25) is 4.68 Å². The highest BCUT2D eigenvalue weighted by Gasteiger charge is 2.18. The maximum absolute atomic E-state index is 11.3. The minimum Gasteiger partial charge on any atom is -0.478 e. The average molecular weight is 293 g/mol. The van der Waals surface area contributed by atoms with E-state index in [1.165, 1.54) is 35.8 Å². The summed E-state index contributed by atoms with van der Waals surface area (Å²) in [6, 6.07) is 0. The minimum atomic E-state index is -1.02. The van der Waals surface area contributed by atoms with E-state index < -0.39 is 5.97 Å². The highest BCUT2D eigenvalue weighted by atomic mass is 32.2. The first-order valence-corrected chi connectivity index (χ1v) is 6.74. The van der Waals surface area contributed by atoms with Crippen molar-refractivity contribution in [2.24, 2.45) is 7.05 Å². The lowest BCUT2D eigenvalue weighted by Crippen LogP contribution is -2.01. The molecule has 0 saturated carbocycles. The Morgan fingerprint density at radius 1 is 1.42 bits per heavy atom. The predicted octanol–water partition coefficient (Wildman–Crippen LogP) is 1.67. The van der Waals surface area contributed by atoms with Gasteiger partial charge in [0.1, 0.15) is 6.33 Å². The molecule has 1 N–H and O–H groups in total. The molecule has 0 radical (unpaired) electrons. The number of pyridine rings is 1. The van der Waals surface area contributed by atoms with Gasteiger partial charge in [0.15, 0.2) is 9.99 Å². The van der Waals surface area contributed by atoms with E-state index in [0.29, 0.717) is 20.3 Å². The highest BCUT2D eigenvalue weighted by molar-refractivity contribution is 8.01. The number of fused-ring (bicyclic) bond motifs is 1. The van der Waals surface area contributed by atoms with Crippen LogP contribution in [0.2, 0.25) is 0 Å². The normalized spacial score (nSPS) is 11.0. The third-order valence-electron chi connectivity index (χ3n) is 2.47. The van der Waals surface area contributed by atoms with E-state index >= 15 is 0 Å². The molecule has 0 aliphatic carbocycles. The van der Waals surface area contributed by atoms with Gasteiger partial charge >= 0.3 is 5.97 Å². The number of carboxylic acid groups (broad SMARTS) is 1. The van der Waals surface area contributed by atoms with Crippen molar-refractivity contribution < 1.29 is 9.90 Å². The van der Waals surface area contributed by atoms with Gasteiger partial charge in [0.05, 0.1) is 17.1 Å². The topological polar surface area (TPSA) is 93.8 Å². The molecule has 0 amide bonds. The first-order valence-electron chi connectivity index (χ1n) is 5.15. The summed E-state index contributed by atoms with van der Waals surface area (Å²) in [5.41, 5.74) is 0.776. The van der Waals surface area contributed by atoms with E-state index in [9.17, 15) is 9.90 Å². The predicted molar refractivity (Wildman–Crippen MR) is 69.5 cm³/mol. The second kappa shape index (κ2) is 4.59. The summed E-state index contributed by atoms with van der Waals surface area (Å²) in [6.07, 6.45) is 4.39. The van der Waals surface area contributed by atoms with E-state index in [1.54, 1.807) is 17.9 Å². The summed E-state index contributed by atoms with van der Waals surface area (Å²) in [7, 11) is 1.76. The van der Waals surface area contributed by atoms with Crippen LogP contribution < -0.4 is 0 Å². The minimum absolute atomic E-state index is 0.140. The van der Waals surface area contributed by atoms with E-state index in [0.717, 1.165) is 0 Å². The van der Waals surface area contributed by atoms with Crippen LogP contribution in [0.1, 0.15) is 10.4 Å². The Morgan fingerprint density at radius 3 is 2.95 bits per heavy atom. The summed E-state index contributed by atoms with van der Waals surface area (Å²) in [5.74, 6) is -1.02. The molecule has 0 aliphatic rings. The molecule has 19 heavy (non-hydrogen) atoms. The second-order valence-corrected chi connectivity index (χ2v) is 5.66. The molecule has 3 aromatic heterocycles. The van der Waals surface area contributed by atoms with Crippen LogP contribution in [0.3, 0.4) is 0 Å². The largest absolute Gasteiger partial charge is 0.478 e. The number of hydrogen-bond donors (Lipinski definition) is 1. The molecule has 3 rings (SSSR count). The Balaban J connectivity index is 2.22. The summed E-state index contributed by atoms with van der Waals surface area (Å²) in [6.45, 7) is 0. The number of hydrogen-bond acceptors (Lipinski definition) is 7. The Labute approximate surface area is 115 Å². The van der Waals surface area contributed by atoms with E-state index in [2.05, 4.69) is 19.4 Å². The van der Waals surface area contributed by atoms with Crippen LogP contribution in [0.5, 0.6) is 0 Å². The van der Waals surface area contributed by atoms with Crippen LogP contribution in [0, 0.1) is 0 Å². The molecule has 0 atom stereocenters. The molecule has 0 fully saturated rings. The Bertz CT molecular complexity index is 753. The van der Waals surface area contributed by atoms with Crippen LogP contribution in [-0.4, -0.2) is 35.2 Å². The van der Waals surface area contributed by atoms with Gasteiger partial charge in [0.2, 0.25) is 0 Å². The van der Waals surface area contributed by atoms with Crippen molar-refractivity contribution >= 4 is 40.3 Å². The van der Waals surface area contributed by atoms with E-state index in [4.69, 9.17) is 0 Å². The summed E-state index contributed by atoms with van der Waals surface area (Å²) < 4.78 is 6.19. The zero-order valence-electron chi connectivity index (χ0n) is 9.64. The zero-order valence-corrected chi connectivity index (χ0v) is 11.3. The van der Waals surface area contributed by atoms with Crippen molar-refractivity contribution in [3.05, 3.63) is 24.3 Å². The van der Waals surface area contributed by atoms with Crippen molar-refractivity contribution in [3.63, 3.8) is 0 Å². The van der Waals surface area contributed by atoms with Gasteiger partial charge in [-0.15, -0.1) is 0 Å². The maximum Gasteiger partial charge on any atom is 0.338 e. The smallest absolute Gasteiger partial charge is 0.338 e. The summed E-state index contributed by atoms with van der Waals surface area (Å²) in [4.78, 5) is 20.1. The molecule has 0 bridgehead atoms. The Kier molecular flexibility index (Phi) is 2.91. The molecular weight excluding hydrogens is 286 g/mol. The quantitative estimate of drug-likeness (QED) is 0.785. The Hall–Kier alpha value is -2.00. The molecule has 7 nitrogen and oxygen atoms in total. The standard InChI is InChI=1S/C10H7N5O2S2/c1-15-8-5(3-13-15)7(6(2-11-8)9(16)17)18-10-12-4-14-19-10/h2-4H,1H3,(H,16,17). The van der Waals surface area contributed by atoms with Crippen LogP contribution in [-0.2, 0) is 7.05 Å². The molecule has 9 heteroatoms. The summed E-state index contributed by atoms with van der Waals surface area (Å²) in [5, 5.41) is 14.0. The number of aromatic carboxylic acids is 1. The van der Waals surface area contributed by atoms with E-state index in [-0.39, 0.29) is 5.56 Å². The number of nitrogens with zero attached hydrogens (tertiary/aromatic N) is 5. The van der Waals surface area contributed by atoms with Crippen molar-refractivity contribution in [1.29, 1.82) is 0 Å². The van der Waals surface area contributed by atoms with Gasteiger partial charge < -0.3 is 5.11 Å². The molecule has 3 heterocycles. The SMILES string of the molecule is Cn1ncc2c(Sc3ncns3)c(C(=O)O)cnc21. The molecule has 0 aromatic carbocycles. The monoisotopic (exact) mass is 293 g/mol. The molecule has 3 aromatic rings. The first kappa shape index (κ1) is 12.1. The van der Waals surface area contributed by atoms with Crippen LogP contribution in [0.25, 0.3) is 11.0 Å². The molecule has 0 unspecified atom stereocenters. The second-order valence-electron chi connectivity index (χ2n) is 3.62. The van der Waals surface area contributed by atoms with Gasteiger partial charge in [0.25, 0.3) is 0 Å². The van der Waals surface area contributed by atoms with Gasteiger partial charge in [-0.2, -0.15) is 9.47 Å². The van der Waals surface area contributed by atoms with Gasteiger partial charge in [-0.1, -0.05) is 11.8 Å². The number of carboxylic acids is 1. The maximum atomic E-state index is 11.3. The van der Waals surface area contributed by atoms with Crippen LogP contribution in [0.15, 0.2) is 28.0 Å². The molecule has 96 valence electrons. The third-order valence-corrected chi connectivity index (χ3v) is 4.33. The van der Waals surface area contributed by atoms with Gasteiger partial charge in [-0.25, -0.2) is 14.8 Å². The van der Waals surface area contributed by atoms with Crippen LogP contribution in [0.4, 0.5) is 0 Å². The van der Waals surface area contributed by atoms with Crippen molar-refractivity contribution in [1.82, 2.24) is 24.1 Å². The summed E-state index contributed by atoms with van der Waals surface area (Å²) >= 11 is 2.48. The van der Waals surface area contributed by atoms with Crippen molar-refractivity contribution in [2.75, 3.05) is 0 Å². The lowest BCUT2D eigenvalue weighted by Gasteiger charge is -2.04. The fourth-order valence-electron chi connectivity index (χ4n) is 1.63. The molecular formula is C10H7N5O2S2. The highest BCUT2D eigenvalue weighted by Crippen LogP contribution is 2.35. The number of rotatable bonds is 3. The first-order chi connectivity index (χ1) is 9.16. The van der Waals surface area contributed by atoms with Gasteiger partial charge in [0, 0.05) is 18.1 Å². The van der Waals surface area contributed by atoms with Crippen molar-refractivity contribution in [2.45, 2.75) is 9.24 Å². The van der Waals surface area contributed by atoms with E-state index in [1.807, 2.05) is 0 Å². The lowest BCUT2D eigenvalue weighted by molar-refractivity contribution is 0.0693. The number of carbonyl (C=O) groups is 1. The molecule has 0 spiro atoms. The van der Waals surface area contributed by atoms with Crippen LogP contribution >= 0.6 is 23.3 Å². The Morgan fingerprint density at radius 2 is 2.26 bits per heavy atom. The zero-order chi connectivity index (χ0) is 13.4. The fourth-order valence-corrected chi connectivity index (χ4v) is 3.22. The third kappa shape index (κ3) is 2.06. The molecule has 0 saturated heterocycles. The fraction of sp³-hybridized carbons (Fsp3) is 0.100. The average Bonchev–Trinajstić information content (AvgIpc) is 3.00. The van der Waals surface area contributed by atoms with Crippen molar-refractivity contribution in [3.8, 4) is 0 Å².